The molecule has 1 aliphatic heterocycles. The third-order valence-corrected chi connectivity index (χ3v) is 5.12. The summed E-state index contributed by atoms with van der Waals surface area (Å²) in [6, 6.07) is 8.46. The molecule has 0 bridgehead atoms. The standard InChI is InChI=1S/C20H25N3O2.CH2O2/c1-15-20-18(6-7-21-15)17-5-4-16(24-2)14-19(17)23(20)9-3-8-22-10-12-25-13-11-22;2-1-3/h4-7,14H,3,8-13H2,1-2H3;1H,(H,2,3). The molecule has 4 rings (SSSR count). The third kappa shape index (κ3) is 4.26. The Morgan fingerprint density at radius 3 is 2.68 bits per heavy atom. The van der Waals surface area contributed by atoms with Gasteiger partial charge in [0.05, 0.1) is 37.1 Å². The van der Waals surface area contributed by atoms with Crippen molar-refractivity contribution in [3.63, 3.8) is 0 Å². The largest absolute Gasteiger partial charge is 0.497 e. The summed E-state index contributed by atoms with van der Waals surface area (Å²) in [5, 5.41) is 9.43. The van der Waals surface area contributed by atoms with Crippen molar-refractivity contribution in [1.82, 2.24) is 14.5 Å². The topological polar surface area (TPSA) is 76.8 Å². The van der Waals surface area contributed by atoms with Crippen LogP contribution in [0.15, 0.2) is 30.5 Å². The summed E-state index contributed by atoms with van der Waals surface area (Å²) >= 11 is 0. The number of aromatic nitrogens is 2. The molecule has 3 heterocycles. The van der Waals surface area contributed by atoms with E-state index in [0.29, 0.717) is 0 Å². The lowest BCUT2D eigenvalue weighted by Crippen LogP contribution is -2.37. The maximum absolute atomic E-state index is 8.36. The molecule has 1 aromatic carbocycles. The molecule has 0 radical (unpaired) electrons. The lowest BCUT2D eigenvalue weighted by atomic mass is 10.1. The van der Waals surface area contributed by atoms with Crippen molar-refractivity contribution in [3.05, 3.63) is 36.2 Å². The van der Waals surface area contributed by atoms with Gasteiger partial charge in [-0.2, -0.15) is 0 Å². The number of hydrogen-bond acceptors (Lipinski definition) is 5. The molecule has 7 heteroatoms. The highest BCUT2D eigenvalue weighted by Crippen LogP contribution is 2.32. The summed E-state index contributed by atoms with van der Waals surface area (Å²) in [5.74, 6) is 0.898. The second kappa shape index (κ2) is 9.52. The van der Waals surface area contributed by atoms with Gasteiger partial charge in [-0.25, -0.2) is 0 Å². The molecule has 1 saturated heterocycles. The minimum atomic E-state index is -0.250. The molecule has 0 saturated carbocycles. The summed E-state index contributed by atoms with van der Waals surface area (Å²) in [4.78, 5) is 15.4. The highest BCUT2D eigenvalue weighted by molar-refractivity contribution is 6.09. The van der Waals surface area contributed by atoms with Crippen LogP contribution in [0.4, 0.5) is 0 Å². The van der Waals surface area contributed by atoms with Gasteiger partial charge in [-0.15, -0.1) is 0 Å². The Balaban J connectivity index is 0.000000706. The lowest BCUT2D eigenvalue weighted by molar-refractivity contribution is -0.122. The molecule has 2 aromatic heterocycles. The molecule has 0 unspecified atom stereocenters. The second-order valence-corrected chi connectivity index (χ2v) is 6.74. The first-order chi connectivity index (χ1) is 13.7. The summed E-state index contributed by atoms with van der Waals surface area (Å²) in [6.45, 7) is 7.73. The number of rotatable bonds is 5. The predicted molar refractivity (Wildman–Crippen MR) is 109 cm³/mol. The molecule has 3 aromatic rings. The quantitative estimate of drug-likeness (QED) is 0.681. The molecule has 0 spiro atoms. The molecule has 1 aliphatic rings. The predicted octanol–water partition coefficient (Wildman–Crippen LogP) is 2.93. The van der Waals surface area contributed by atoms with Crippen LogP contribution in [0.2, 0.25) is 0 Å². The van der Waals surface area contributed by atoms with E-state index in [-0.39, 0.29) is 6.47 Å². The zero-order valence-corrected chi connectivity index (χ0v) is 16.4. The molecular weight excluding hydrogens is 358 g/mol. The average molecular weight is 385 g/mol. The normalized spacial score (nSPS) is 14.6. The van der Waals surface area contributed by atoms with Gasteiger partial charge in [0.2, 0.25) is 0 Å². The summed E-state index contributed by atoms with van der Waals surface area (Å²) in [6.07, 6.45) is 3.02. The van der Waals surface area contributed by atoms with Crippen LogP contribution >= 0.6 is 0 Å². The van der Waals surface area contributed by atoms with E-state index in [1.54, 1.807) is 7.11 Å². The number of aryl methyl sites for hydroxylation is 2. The van der Waals surface area contributed by atoms with Crippen molar-refractivity contribution in [2.75, 3.05) is 40.0 Å². The molecular formula is C21H27N3O4. The first-order valence-electron chi connectivity index (χ1n) is 9.49. The highest BCUT2D eigenvalue weighted by Gasteiger charge is 2.15. The Morgan fingerprint density at radius 1 is 1.21 bits per heavy atom. The molecule has 28 heavy (non-hydrogen) atoms. The molecule has 150 valence electrons. The Kier molecular flexibility index (Phi) is 6.84. The van der Waals surface area contributed by atoms with Crippen LogP contribution in [-0.2, 0) is 16.1 Å². The monoisotopic (exact) mass is 385 g/mol. The summed E-state index contributed by atoms with van der Waals surface area (Å²) in [5.41, 5.74) is 3.55. The van der Waals surface area contributed by atoms with Gasteiger partial charge in [0, 0.05) is 49.2 Å². The lowest BCUT2D eigenvalue weighted by Gasteiger charge is -2.26. The number of carbonyl (C=O) groups is 1. The smallest absolute Gasteiger partial charge is 0.290 e. The number of pyridine rings is 1. The van der Waals surface area contributed by atoms with Crippen molar-refractivity contribution in [1.29, 1.82) is 0 Å². The Morgan fingerprint density at radius 2 is 1.96 bits per heavy atom. The van der Waals surface area contributed by atoms with Crippen molar-refractivity contribution >= 4 is 28.3 Å². The minimum absolute atomic E-state index is 0.250. The van der Waals surface area contributed by atoms with Gasteiger partial charge in [-0.1, -0.05) is 0 Å². The number of ether oxygens (including phenoxy) is 2. The van der Waals surface area contributed by atoms with Gasteiger partial charge in [-0.3, -0.25) is 14.7 Å². The van der Waals surface area contributed by atoms with Gasteiger partial charge < -0.3 is 19.1 Å². The molecule has 7 nitrogen and oxygen atoms in total. The van der Waals surface area contributed by atoms with Crippen molar-refractivity contribution < 1.29 is 19.4 Å². The minimum Gasteiger partial charge on any atom is -0.497 e. The number of morpholine rings is 1. The Hall–Kier alpha value is -2.64. The van der Waals surface area contributed by atoms with E-state index in [2.05, 4.69) is 39.6 Å². The SMILES string of the molecule is COc1ccc2c3ccnc(C)c3n(CCCN3CCOCC3)c2c1.O=CO. The van der Waals surface area contributed by atoms with E-state index < -0.39 is 0 Å². The highest BCUT2D eigenvalue weighted by atomic mass is 16.5. The van der Waals surface area contributed by atoms with Gasteiger partial charge >= 0.3 is 0 Å². The van der Waals surface area contributed by atoms with Gasteiger partial charge in [-0.05, 0) is 31.5 Å². The van der Waals surface area contributed by atoms with Crippen LogP contribution in [-0.4, -0.2) is 66.0 Å². The van der Waals surface area contributed by atoms with E-state index >= 15 is 0 Å². The maximum Gasteiger partial charge on any atom is 0.290 e. The maximum atomic E-state index is 8.36. The zero-order valence-electron chi connectivity index (χ0n) is 16.4. The van der Waals surface area contributed by atoms with Crippen molar-refractivity contribution in [2.45, 2.75) is 19.9 Å². The van der Waals surface area contributed by atoms with Crippen molar-refractivity contribution in [2.24, 2.45) is 0 Å². The molecule has 0 atom stereocenters. The Bertz CT molecular complexity index is 932. The summed E-state index contributed by atoms with van der Waals surface area (Å²) in [7, 11) is 1.72. The van der Waals surface area contributed by atoms with Gasteiger partial charge in [0.15, 0.2) is 0 Å². The van der Waals surface area contributed by atoms with E-state index in [1.165, 1.54) is 21.8 Å². The first-order valence-corrected chi connectivity index (χ1v) is 9.49. The van der Waals surface area contributed by atoms with Crippen LogP contribution in [0.1, 0.15) is 12.1 Å². The fraction of sp³-hybridized carbons (Fsp3) is 0.429. The number of hydrogen-bond donors (Lipinski definition) is 1. The van der Waals surface area contributed by atoms with Crippen molar-refractivity contribution in [3.8, 4) is 5.75 Å². The van der Waals surface area contributed by atoms with E-state index in [1.807, 2.05) is 12.3 Å². The molecule has 0 amide bonds. The number of carboxylic acid groups (broad SMARTS) is 1. The number of benzene rings is 1. The number of fused-ring (bicyclic) bond motifs is 3. The molecule has 1 N–H and O–H groups in total. The van der Waals surface area contributed by atoms with Gasteiger partial charge in [0.1, 0.15) is 5.75 Å². The van der Waals surface area contributed by atoms with Gasteiger partial charge in [0.25, 0.3) is 6.47 Å². The van der Waals surface area contributed by atoms with Crippen LogP contribution in [0.25, 0.3) is 21.8 Å². The fourth-order valence-corrected chi connectivity index (χ4v) is 3.84. The van der Waals surface area contributed by atoms with E-state index in [4.69, 9.17) is 19.4 Å². The molecule has 0 aliphatic carbocycles. The summed E-state index contributed by atoms with van der Waals surface area (Å²) < 4.78 is 13.3. The number of nitrogens with zero attached hydrogens (tertiary/aromatic N) is 3. The van der Waals surface area contributed by atoms with Crippen LogP contribution < -0.4 is 4.74 Å². The third-order valence-electron chi connectivity index (χ3n) is 5.12. The average Bonchev–Trinajstić information content (AvgIpc) is 3.04. The van der Waals surface area contributed by atoms with E-state index in [0.717, 1.165) is 57.3 Å². The van der Waals surface area contributed by atoms with Crippen LogP contribution in [0.5, 0.6) is 5.75 Å². The Labute approximate surface area is 164 Å². The van der Waals surface area contributed by atoms with E-state index in [9.17, 15) is 0 Å². The number of methoxy groups -OCH3 is 1. The fourth-order valence-electron chi connectivity index (χ4n) is 3.84. The first kappa shape index (κ1) is 20.1. The molecule has 1 fully saturated rings. The van der Waals surface area contributed by atoms with Crippen LogP contribution in [0, 0.1) is 6.92 Å². The zero-order chi connectivity index (χ0) is 19.9. The second-order valence-electron chi connectivity index (χ2n) is 6.74. The van der Waals surface area contributed by atoms with Crippen LogP contribution in [0.3, 0.4) is 0 Å².